The van der Waals surface area contributed by atoms with E-state index in [9.17, 15) is 15.0 Å². The van der Waals surface area contributed by atoms with Crippen molar-refractivity contribution < 1.29 is 24.9 Å². The number of aliphatic hydroxyl groups is 2. The molecule has 0 bridgehead atoms. The molecule has 4 N–H and O–H groups in total. The van der Waals surface area contributed by atoms with Crippen LogP contribution in [0.25, 0.3) is 22.0 Å². The summed E-state index contributed by atoms with van der Waals surface area (Å²) in [5.74, 6) is 0.0622. The van der Waals surface area contributed by atoms with Gasteiger partial charge in [0.2, 0.25) is 0 Å². The minimum Gasteiger partial charge on any atom is -0.487 e. The quantitative estimate of drug-likeness (QED) is 0.348. The number of hydrogen-bond acceptors (Lipinski definition) is 4. The van der Waals surface area contributed by atoms with Crippen molar-refractivity contribution in [1.82, 2.24) is 4.98 Å². The molecule has 1 aliphatic heterocycles. The molecule has 0 saturated carbocycles. The van der Waals surface area contributed by atoms with E-state index in [1.54, 1.807) is 0 Å². The summed E-state index contributed by atoms with van der Waals surface area (Å²) in [5.41, 5.74) is 5.40. The Labute approximate surface area is 200 Å². The molecular formula is C28H35NO5. The number of nitrogens with one attached hydrogen (secondary N) is 1. The van der Waals surface area contributed by atoms with Gasteiger partial charge in [-0.15, -0.1) is 0 Å². The monoisotopic (exact) mass is 465 g/mol. The van der Waals surface area contributed by atoms with Crippen molar-refractivity contribution in [1.29, 1.82) is 0 Å². The zero-order valence-electron chi connectivity index (χ0n) is 20.4. The second kappa shape index (κ2) is 9.43. The van der Waals surface area contributed by atoms with E-state index in [0.717, 1.165) is 34.4 Å². The maximum atomic E-state index is 10.9. The van der Waals surface area contributed by atoms with Gasteiger partial charge in [-0.25, -0.2) is 0 Å². The molecule has 0 spiro atoms. The van der Waals surface area contributed by atoms with E-state index in [4.69, 9.17) is 9.84 Å². The van der Waals surface area contributed by atoms with Crippen molar-refractivity contribution in [3.05, 3.63) is 53.2 Å². The Morgan fingerprint density at radius 1 is 1.18 bits per heavy atom. The Hall–Kier alpha value is -2.83. The third kappa shape index (κ3) is 4.98. The van der Waals surface area contributed by atoms with Gasteiger partial charge in [-0.2, -0.15) is 0 Å². The van der Waals surface area contributed by atoms with Gasteiger partial charge in [0.05, 0.1) is 24.3 Å². The summed E-state index contributed by atoms with van der Waals surface area (Å²) in [4.78, 5) is 14.4. The molecule has 2 atom stereocenters. The molecule has 0 amide bonds. The number of carboxylic acid groups (broad SMARTS) is 1. The standard InChI is InChI=1S/C28H35NO5/c1-16(2)25-22(10-9-19(30)12-20(31)13-24(32)33)27-18(14-28(3,4)34-27)11-23(25)26-21-8-6-5-7-17(21)15-29-26/h5-8,11,15-16,19-20,29-31H,9-10,12-14H2,1-4H3,(H,32,33). The van der Waals surface area contributed by atoms with Gasteiger partial charge >= 0.3 is 5.97 Å². The smallest absolute Gasteiger partial charge is 0.305 e. The van der Waals surface area contributed by atoms with Gasteiger partial charge < -0.3 is 25.0 Å². The van der Waals surface area contributed by atoms with E-state index in [0.29, 0.717) is 12.8 Å². The number of aliphatic hydroxyl groups excluding tert-OH is 2. The molecule has 6 nitrogen and oxygen atoms in total. The summed E-state index contributed by atoms with van der Waals surface area (Å²) in [6.45, 7) is 8.53. The molecular weight excluding hydrogens is 430 g/mol. The maximum absolute atomic E-state index is 10.9. The predicted molar refractivity (Wildman–Crippen MR) is 133 cm³/mol. The molecule has 0 radical (unpaired) electrons. The van der Waals surface area contributed by atoms with Crippen LogP contribution in [-0.2, 0) is 17.6 Å². The highest BCUT2D eigenvalue weighted by Crippen LogP contribution is 2.46. The van der Waals surface area contributed by atoms with Crippen LogP contribution < -0.4 is 4.74 Å². The van der Waals surface area contributed by atoms with Crippen LogP contribution in [0, 0.1) is 0 Å². The Balaban J connectivity index is 1.75. The highest BCUT2D eigenvalue weighted by Gasteiger charge is 2.35. The molecule has 0 saturated heterocycles. The predicted octanol–water partition coefficient (Wildman–Crippen LogP) is 5.19. The number of carboxylic acids is 1. The van der Waals surface area contributed by atoms with E-state index >= 15 is 0 Å². The number of fused-ring (bicyclic) bond motifs is 2. The summed E-state index contributed by atoms with van der Waals surface area (Å²) in [5, 5.41) is 31.7. The minimum atomic E-state index is -1.07. The van der Waals surface area contributed by atoms with Crippen LogP contribution in [0.3, 0.4) is 0 Å². The molecule has 4 rings (SSSR count). The second-order valence-corrected chi connectivity index (χ2v) is 10.4. The summed E-state index contributed by atoms with van der Waals surface area (Å²) >= 11 is 0. The van der Waals surface area contributed by atoms with Crippen LogP contribution in [0.15, 0.2) is 36.5 Å². The first-order chi connectivity index (χ1) is 16.1. The Morgan fingerprint density at radius 2 is 1.91 bits per heavy atom. The first-order valence-electron chi connectivity index (χ1n) is 12.1. The molecule has 34 heavy (non-hydrogen) atoms. The fourth-order valence-electron chi connectivity index (χ4n) is 5.27. The van der Waals surface area contributed by atoms with E-state index in [1.807, 2.05) is 18.3 Å². The zero-order valence-corrected chi connectivity index (χ0v) is 20.4. The Morgan fingerprint density at radius 3 is 2.62 bits per heavy atom. The van der Waals surface area contributed by atoms with Crippen LogP contribution in [0.2, 0.25) is 0 Å². The molecule has 1 aliphatic rings. The number of benzene rings is 2. The molecule has 182 valence electrons. The first kappa shape index (κ1) is 24.3. The number of aromatic nitrogens is 1. The van der Waals surface area contributed by atoms with Crippen molar-refractivity contribution in [3.8, 4) is 17.0 Å². The zero-order chi connectivity index (χ0) is 24.6. The van der Waals surface area contributed by atoms with Crippen molar-refractivity contribution in [2.24, 2.45) is 0 Å². The lowest BCUT2D eigenvalue weighted by molar-refractivity contribution is -0.139. The third-order valence-electron chi connectivity index (χ3n) is 6.62. The SMILES string of the molecule is CC(C)c1c(-c2[nH]cc3ccccc23)cc2c(c1CCC(O)CC(O)CC(=O)O)OC(C)(C)C2. The van der Waals surface area contributed by atoms with Gasteiger partial charge in [0.25, 0.3) is 0 Å². The third-order valence-corrected chi connectivity index (χ3v) is 6.62. The molecule has 6 heteroatoms. The van der Waals surface area contributed by atoms with E-state index < -0.39 is 18.2 Å². The normalized spacial score (nSPS) is 16.4. The number of ether oxygens (including phenoxy) is 1. The Kier molecular flexibility index (Phi) is 6.74. The topological polar surface area (TPSA) is 103 Å². The average Bonchev–Trinajstić information content (AvgIpc) is 3.29. The van der Waals surface area contributed by atoms with Crippen molar-refractivity contribution >= 4 is 16.7 Å². The lowest BCUT2D eigenvalue weighted by atomic mass is 9.84. The fourth-order valence-corrected chi connectivity index (χ4v) is 5.27. The van der Waals surface area contributed by atoms with Crippen LogP contribution in [-0.4, -0.2) is 44.1 Å². The Bertz CT molecular complexity index is 1190. The first-order valence-corrected chi connectivity index (χ1v) is 12.1. The van der Waals surface area contributed by atoms with Crippen LogP contribution in [0.4, 0.5) is 0 Å². The average molecular weight is 466 g/mol. The van der Waals surface area contributed by atoms with Gasteiger partial charge in [-0.1, -0.05) is 38.1 Å². The lowest BCUT2D eigenvalue weighted by Crippen LogP contribution is -2.25. The van der Waals surface area contributed by atoms with Crippen molar-refractivity contribution in [2.45, 2.75) is 83.5 Å². The summed E-state index contributed by atoms with van der Waals surface area (Å²) in [6.07, 6.45) is 1.66. The second-order valence-electron chi connectivity index (χ2n) is 10.4. The van der Waals surface area contributed by atoms with Crippen molar-refractivity contribution in [2.75, 3.05) is 0 Å². The summed E-state index contributed by atoms with van der Waals surface area (Å²) in [7, 11) is 0. The highest BCUT2D eigenvalue weighted by atomic mass is 16.5. The largest absolute Gasteiger partial charge is 0.487 e. The van der Waals surface area contributed by atoms with Crippen LogP contribution >= 0.6 is 0 Å². The molecule has 2 heterocycles. The maximum Gasteiger partial charge on any atom is 0.305 e. The van der Waals surface area contributed by atoms with Crippen LogP contribution in [0.1, 0.15) is 69.6 Å². The van der Waals surface area contributed by atoms with Crippen LogP contribution in [0.5, 0.6) is 5.75 Å². The lowest BCUT2D eigenvalue weighted by Gasteiger charge is -2.24. The number of aromatic amines is 1. The summed E-state index contributed by atoms with van der Waals surface area (Å²) < 4.78 is 6.42. The van der Waals surface area contributed by atoms with E-state index in [-0.39, 0.29) is 24.4 Å². The van der Waals surface area contributed by atoms with Crippen molar-refractivity contribution in [3.63, 3.8) is 0 Å². The molecule has 3 aromatic rings. The van der Waals surface area contributed by atoms with E-state index in [1.165, 1.54) is 16.5 Å². The van der Waals surface area contributed by atoms with Gasteiger partial charge in [0.1, 0.15) is 11.4 Å². The number of H-pyrrole nitrogens is 1. The number of hydrogen-bond donors (Lipinski definition) is 4. The fraction of sp³-hybridized carbons (Fsp3) is 0.464. The van der Waals surface area contributed by atoms with E-state index in [2.05, 4.69) is 50.9 Å². The number of rotatable bonds is 9. The minimum absolute atomic E-state index is 0.0405. The molecule has 2 aromatic carbocycles. The van der Waals surface area contributed by atoms with Gasteiger partial charge in [0.15, 0.2) is 0 Å². The molecule has 0 aliphatic carbocycles. The highest BCUT2D eigenvalue weighted by molar-refractivity contribution is 5.97. The van der Waals surface area contributed by atoms with Gasteiger partial charge in [-0.05, 0) is 67.2 Å². The van der Waals surface area contributed by atoms with Gasteiger partial charge in [0, 0.05) is 23.6 Å². The molecule has 1 aromatic heterocycles. The summed E-state index contributed by atoms with van der Waals surface area (Å²) in [6, 6.07) is 10.6. The number of aliphatic carboxylic acids is 1. The number of carbonyl (C=O) groups is 1. The molecule has 2 unspecified atom stereocenters. The molecule has 0 fully saturated rings. The van der Waals surface area contributed by atoms with Gasteiger partial charge in [-0.3, -0.25) is 4.79 Å².